The molecule has 3 aromatic rings. The summed E-state index contributed by atoms with van der Waals surface area (Å²) in [6.45, 7) is 5.97. The molecule has 118 valence electrons. The molecule has 3 heteroatoms. The Hall–Kier alpha value is -2.55. The van der Waals surface area contributed by atoms with Crippen molar-refractivity contribution >= 4 is 16.8 Å². The van der Waals surface area contributed by atoms with E-state index in [4.69, 9.17) is 0 Å². The van der Waals surface area contributed by atoms with Crippen molar-refractivity contribution in [1.29, 1.82) is 0 Å². The van der Waals surface area contributed by atoms with Crippen LogP contribution in [0.2, 0.25) is 0 Å². The second-order valence-electron chi connectivity index (χ2n) is 6.89. The third-order valence-electron chi connectivity index (χ3n) is 3.75. The number of hydrogen-bond acceptors (Lipinski definition) is 1. The number of rotatable bonds is 3. The molecule has 3 nitrogen and oxygen atoms in total. The number of amides is 1. The van der Waals surface area contributed by atoms with Crippen LogP contribution in [0.25, 0.3) is 10.9 Å². The number of aromatic nitrogens is 1. The van der Waals surface area contributed by atoms with E-state index in [9.17, 15) is 4.79 Å². The summed E-state index contributed by atoms with van der Waals surface area (Å²) >= 11 is 0. The maximum absolute atomic E-state index is 12.7. The Bertz CT molecular complexity index is 826. The minimum atomic E-state index is -0.265. The number of carbonyl (C=O) groups is 1. The molecule has 1 heterocycles. The van der Waals surface area contributed by atoms with E-state index in [-0.39, 0.29) is 11.4 Å². The lowest BCUT2D eigenvalue weighted by atomic mass is 10.0. The molecule has 0 fully saturated rings. The zero-order chi connectivity index (χ0) is 16.4. The molecule has 1 aromatic heterocycles. The molecule has 0 saturated heterocycles. The van der Waals surface area contributed by atoms with E-state index in [0.717, 1.165) is 22.9 Å². The number of aromatic amines is 1. The van der Waals surface area contributed by atoms with E-state index in [0.29, 0.717) is 5.69 Å². The third-order valence-corrected chi connectivity index (χ3v) is 3.75. The first-order valence-electron chi connectivity index (χ1n) is 7.90. The summed E-state index contributed by atoms with van der Waals surface area (Å²) in [6.07, 6.45) is 0.734. The van der Waals surface area contributed by atoms with Gasteiger partial charge in [-0.1, -0.05) is 48.5 Å². The molecule has 0 saturated carbocycles. The topological polar surface area (TPSA) is 44.9 Å². The largest absolute Gasteiger partial charge is 0.350 e. The summed E-state index contributed by atoms with van der Waals surface area (Å²) in [6, 6.07) is 18.3. The molecule has 0 unspecified atom stereocenters. The quantitative estimate of drug-likeness (QED) is 0.745. The number of carbonyl (C=O) groups excluding carboxylic acids is 1. The molecular weight excluding hydrogens is 284 g/mol. The van der Waals surface area contributed by atoms with Gasteiger partial charge in [0.1, 0.15) is 5.69 Å². The molecule has 0 radical (unpaired) electrons. The van der Waals surface area contributed by atoms with Gasteiger partial charge in [-0.3, -0.25) is 4.79 Å². The lowest BCUT2D eigenvalue weighted by molar-refractivity contribution is 0.0914. The molecule has 0 aliphatic carbocycles. The van der Waals surface area contributed by atoms with Crippen molar-refractivity contribution in [3.63, 3.8) is 0 Å². The second kappa shape index (κ2) is 5.92. The maximum atomic E-state index is 12.7. The SMILES string of the molecule is CC(C)(C)NC(=O)c1[nH]c2ccccc2c1Cc1ccccc1. The normalized spacial score (nSPS) is 11.6. The summed E-state index contributed by atoms with van der Waals surface area (Å²) in [5.41, 5.74) is 3.64. The lowest BCUT2D eigenvalue weighted by Crippen LogP contribution is -2.41. The standard InChI is InChI=1S/C20H22N2O/c1-20(2,3)22-19(23)18-16(13-14-9-5-4-6-10-14)15-11-7-8-12-17(15)21-18/h4-12,21H,13H2,1-3H3,(H,22,23). The number of hydrogen-bond donors (Lipinski definition) is 2. The Balaban J connectivity index is 2.06. The maximum Gasteiger partial charge on any atom is 0.268 e. The molecule has 0 aliphatic rings. The van der Waals surface area contributed by atoms with Crippen molar-refractivity contribution in [2.45, 2.75) is 32.7 Å². The van der Waals surface area contributed by atoms with Crippen molar-refractivity contribution in [2.24, 2.45) is 0 Å². The van der Waals surface area contributed by atoms with Gasteiger partial charge in [-0.15, -0.1) is 0 Å². The van der Waals surface area contributed by atoms with Gasteiger partial charge in [0.25, 0.3) is 5.91 Å². The van der Waals surface area contributed by atoms with Crippen LogP contribution in [0.5, 0.6) is 0 Å². The average Bonchev–Trinajstić information content (AvgIpc) is 2.86. The molecule has 2 aromatic carbocycles. The van der Waals surface area contributed by atoms with Crippen molar-refractivity contribution in [2.75, 3.05) is 0 Å². The van der Waals surface area contributed by atoms with Crippen molar-refractivity contribution in [3.8, 4) is 0 Å². The van der Waals surface area contributed by atoms with Gasteiger partial charge < -0.3 is 10.3 Å². The summed E-state index contributed by atoms with van der Waals surface area (Å²) < 4.78 is 0. The Morgan fingerprint density at radius 1 is 1.00 bits per heavy atom. The summed E-state index contributed by atoms with van der Waals surface area (Å²) in [5, 5.41) is 4.16. The molecular formula is C20H22N2O. The van der Waals surface area contributed by atoms with Gasteiger partial charge in [0.05, 0.1) is 0 Å². The fourth-order valence-corrected chi connectivity index (χ4v) is 2.78. The zero-order valence-electron chi connectivity index (χ0n) is 13.8. The fourth-order valence-electron chi connectivity index (χ4n) is 2.78. The molecule has 0 atom stereocenters. The van der Waals surface area contributed by atoms with Crippen LogP contribution >= 0.6 is 0 Å². The van der Waals surface area contributed by atoms with E-state index >= 15 is 0 Å². The molecule has 3 rings (SSSR count). The fraction of sp³-hybridized carbons (Fsp3) is 0.250. The van der Waals surface area contributed by atoms with Crippen molar-refractivity contribution in [1.82, 2.24) is 10.3 Å². The van der Waals surface area contributed by atoms with Crippen LogP contribution in [-0.4, -0.2) is 16.4 Å². The van der Waals surface area contributed by atoms with Crippen LogP contribution in [-0.2, 0) is 6.42 Å². The Labute approximate surface area is 136 Å². The lowest BCUT2D eigenvalue weighted by Gasteiger charge is -2.20. The first-order valence-corrected chi connectivity index (χ1v) is 7.90. The van der Waals surface area contributed by atoms with Gasteiger partial charge in [0.2, 0.25) is 0 Å². The van der Waals surface area contributed by atoms with Crippen LogP contribution in [0.4, 0.5) is 0 Å². The number of para-hydroxylation sites is 1. The summed E-state index contributed by atoms with van der Waals surface area (Å²) in [4.78, 5) is 16.0. The van der Waals surface area contributed by atoms with Gasteiger partial charge >= 0.3 is 0 Å². The number of benzene rings is 2. The van der Waals surface area contributed by atoms with E-state index < -0.39 is 0 Å². The Morgan fingerprint density at radius 2 is 1.65 bits per heavy atom. The van der Waals surface area contributed by atoms with Crippen molar-refractivity contribution in [3.05, 3.63) is 71.4 Å². The molecule has 0 bridgehead atoms. The minimum absolute atomic E-state index is 0.0559. The van der Waals surface area contributed by atoms with Crippen LogP contribution in [0.1, 0.15) is 42.4 Å². The monoisotopic (exact) mass is 306 g/mol. The summed E-state index contributed by atoms with van der Waals surface area (Å²) in [7, 11) is 0. The molecule has 23 heavy (non-hydrogen) atoms. The van der Waals surface area contributed by atoms with E-state index in [1.54, 1.807) is 0 Å². The van der Waals surface area contributed by atoms with Gasteiger partial charge in [-0.05, 0) is 38.0 Å². The van der Waals surface area contributed by atoms with Gasteiger partial charge in [-0.2, -0.15) is 0 Å². The Morgan fingerprint density at radius 3 is 2.35 bits per heavy atom. The van der Waals surface area contributed by atoms with Crippen LogP contribution < -0.4 is 5.32 Å². The van der Waals surface area contributed by atoms with Crippen LogP contribution in [0.15, 0.2) is 54.6 Å². The number of nitrogens with one attached hydrogen (secondary N) is 2. The first-order chi connectivity index (χ1) is 10.9. The second-order valence-corrected chi connectivity index (χ2v) is 6.89. The molecule has 2 N–H and O–H groups in total. The number of fused-ring (bicyclic) bond motifs is 1. The predicted molar refractivity (Wildman–Crippen MR) is 94.8 cm³/mol. The van der Waals surface area contributed by atoms with E-state index in [1.165, 1.54) is 5.56 Å². The van der Waals surface area contributed by atoms with Crippen molar-refractivity contribution < 1.29 is 4.79 Å². The smallest absolute Gasteiger partial charge is 0.268 e. The minimum Gasteiger partial charge on any atom is -0.350 e. The van der Waals surface area contributed by atoms with E-state index in [1.807, 2.05) is 57.2 Å². The average molecular weight is 306 g/mol. The molecule has 0 aliphatic heterocycles. The van der Waals surface area contributed by atoms with Crippen LogP contribution in [0, 0.1) is 0 Å². The number of H-pyrrole nitrogens is 1. The predicted octanol–water partition coefficient (Wildman–Crippen LogP) is 4.29. The highest BCUT2D eigenvalue weighted by Gasteiger charge is 2.21. The third kappa shape index (κ3) is 3.45. The highest BCUT2D eigenvalue weighted by atomic mass is 16.2. The molecule has 0 spiro atoms. The van der Waals surface area contributed by atoms with E-state index in [2.05, 4.69) is 28.5 Å². The van der Waals surface area contributed by atoms with Gasteiger partial charge in [-0.25, -0.2) is 0 Å². The van der Waals surface area contributed by atoms with Gasteiger partial charge in [0.15, 0.2) is 0 Å². The Kier molecular flexibility index (Phi) is 3.95. The summed E-state index contributed by atoms with van der Waals surface area (Å²) in [5.74, 6) is -0.0559. The highest BCUT2D eigenvalue weighted by Crippen LogP contribution is 2.25. The van der Waals surface area contributed by atoms with Crippen LogP contribution in [0.3, 0.4) is 0 Å². The first kappa shape index (κ1) is 15.3. The molecule has 1 amide bonds. The zero-order valence-corrected chi connectivity index (χ0v) is 13.8. The van der Waals surface area contributed by atoms with Gasteiger partial charge in [0, 0.05) is 22.9 Å². The highest BCUT2D eigenvalue weighted by molar-refractivity contribution is 6.01.